The molecule has 162 valence electrons. The number of rotatable bonds is 4. The van der Waals surface area contributed by atoms with Crippen molar-refractivity contribution in [2.24, 2.45) is 0 Å². The summed E-state index contributed by atoms with van der Waals surface area (Å²) in [6.07, 6.45) is 3.17. The third-order valence-electron chi connectivity index (χ3n) is 5.33. The SMILES string of the molecule is Cc1cc(/C(O)=C2/C(=O)C(=O)N(Cc3ccncc3)C2c2ccc(Cl)c(Cl)c2)ccc1F. The number of halogens is 3. The van der Waals surface area contributed by atoms with Gasteiger partial charge in [-0.3, -0.25) is 14.6 Å². The van der Waals surface area contributed by atoms with E-state index in [4.69, 9.17) is 23.2 Å². The van der Waals surface area contributed by atoms with Gasteiger partial charge in [0.05, 0.1) is 21.7 Å². The third-order valence-corrected chi connectivity index (χ3v) is 6.07. The van der Waals surface area contributed by atoms with Gasteiger partial charge in [0.2, 0.25) is 0 Å². The molecule has 1 aliphatic rings. The lowest BCUT2D eigenvalue weighted by Gasteiger charge is -2.25. The number of pyridine rings is 1. The molecule has 1 amide bonds. The first-order chi connectivity index (χ1) is 15.3. The number of ketones is 1. The zero-order valence-corrected chi connectivity index (χ0v) is 18.4. The molecule has 1 aliphatic heterocycles. The zero-order chi connectivity index (χ0) is 23.0. The summed E-state index contributed by atoms with van der Waals surface area (Å²) >= 11 is 12.3. The van der Waals surface area contributed by atoms with Crippen molar-refractivity contribution in [3.05, 3.63) is 105 Å². The molecule has 2 heterocycles. The van der Waals surface area contributed by atoms with E-state index in [-0.39, 0.29) is 28.5 Å². The number of carbonyl (C=O) groups excluding carboxylic acids is 2. The van der Waals surface area contributed by atoms with E-state index in [1.807, 2.05) is 0 Å². The molecule has 8 heteroatoms. The molecule has 1 atom stereocenters. The van der Waals surface area contributed by atoms with Gasteiger partial charge in [-0.05, 0) is 66.1 Å². The Bertz CT molecular complexity index is 1260. The summed E-state index contributed by atoms with van der Waals surface area (Å²) in [6, 6.07) is 11.3. The van der Waals surface area contributed by atoms with Crippen molar-refractivity contribution in [2.75, 3.05) is 0 Å². The summed E-state index contributed by atoms with van der Waals surface area (Å²) < 4.78 is 13.7. The smallest absolute Gasteiger partial charge is 0.295 e. The predicted molar refractivity (Wildman–Crippen MR) is 120 cm³/mol. The fourth-order valence-corrected chi connectivity index (χ4v) is 4.01. The van der Waals surface area contributed by atoms with Crippen molar-refractivity contribution in [3.63, 3.8) is 0 Å². The minimum Gasteiger partial charge on any atom is -0.507 e. The van der Waals surface area contributed by atoms with E-state index in [2.05, 4.69) is 4.98 Å². The average molecular weight is 471 g/mol. The zero-order valence-electron chi connectivity index (χ0n) is 16.8. The van der Waals surface area contributed by atoms with Crippen LogP contribution < -0.4 is 0 Å². The molecule has 5 nitrogen and oxygen atoms in total. The largest absolute Gasteiger partial charge is 0.507 e. The number of aryl methyl sites for hydroxylation is 1. The highest BCUT2D eigenvalue weighted by molar-refractivity contribution is 6.46. The van der Waals surface area contributed by atoms with Crippen LogP contribution in [-0.4, -0.2) is 26.7 Å². The monoisotopic (exact) mass is 470 g/mol. The molecule has 1 unspecified atom stereocenters. The van der Waals surface area contributed by atoms with E-state index in [1.54, 1.807) is 49.6 Å². The Morgan fingerprint density at radius 3 is 2.44 bits per heavy atom. The van der Waals surface area contributed by atoms with Crippen molar-refractivity contribution in [1.29, 1.82) is 0 Å². The minimum absolute atomic E-state index is 0.103. The molecule has 0 aliphatic carbocycles. The lowest BCUT2D eigenvalue weighted by Crippen LogP contribution is -2.29. The molecule has 4 rings (SSSR count). The van der Waals surface area contributed by atoms with Crippen molar-refractivity contribution in [2.45, 2.75) is 19.5 Å². The predicted octanol–water partition coefficient (Wildman–Crippen LogP) is 5.46. The topological polar surface area (TPSA) is 70.5 Å². The fourth-order valence-electron chi connectivity index (χ4n) is 3.70. The van der Waals surface area contributed by atoms with Crippen LogP contribution in [0.4, 0.5) is 4.39 Å². The highest BCUT2D eigenvalue weighted by Gasteiger charge is 2.46. The Morgan fingerprint density at radius 1 is 1.06 bits per heavy atom. The van der Waals surface area contributed by atoms with Crippen molar-refractivity contribution in [3.8, 4) is 0 Å². The van der Waals surface area contributed by atoms with Crippen LogP contribution in [0.25, 0.3) is 5.76 Å². The Balaban J connectivity index is 1.90. The van der Waals surface area contributed by atoms with Crippen molar-refractivity contribution >= 4 is 40.7 Å². The van der Waals surface area contributed by atoms with Crippen molar-refractivity contribution < 1.29 is 19.1 Å². The molecule has 0 bridgehead atoms. The second kappa shape index (κ2) is 8.73. The molecule has 0 spiro atoms. The molecular weight excluding hydrogens is 454 g/mol. The van der Waals surface area contributed by atoms with Gasteiger partial charge in [-0.2, -0.15) is 0 Å². The Hall–Kier alpha value is -3.22. The number of aromatic nitrogens is 1. The van der Waals surface area contributed by atoms with E-state index in [0.717, 1.165) is 5.56 Å². The van der Waals surface area contributed by atoms with Crippen LogP contribution >= 0.6 is 23.2 Å². The normalized spacial score (nSPS) is 17.8. The number of likely N-dealkylation sites (tertiary alicyclic amines) is 1. The second-order valence-electron chi connectivity index (χ2n) is 7.42. The molecular formula is C24H17Cl2FN2O3. The highest BCUT2D eigenvalue weighted by Crippen LogP contribution is 2.41. The number of benzene rings is 2. The van der Waals surface area contributed by atoms with Crippen LogP contribution in [0, 0.1) is 12.7 Å². The van der Waals surface area contributed by atoms with Gasteiger partial charge in [0.1, 0.15) is 11.6 Å². The number of nitrogens with zero attached hydrogens (tertiary/aromatic N) is 2. The molecule has 1 fully saturated rings. The molecule has 2 aromatic carbocycles. The number of carbonyl (C=O) groups is 2. The third kappa shape index (κ3) is 3.99. The van der Waals surface area contributed by atoms with Crippen LogP contribution in [0.1, 0.15) is 28.3 Å². The maximum absolute atomic E-state index is 13.7. The summed E-state index contributed by atoms with van der Waals surface area (Å²) in [6.45, 7) is 1.65. The maximum atomic E-state index is 13.7. The summed E-state index contributed by atoms with van der Waals surface area (Å²) in [5.41, 5.74) is 1.69. The summed E-state index contributed by atoms with van der Waals surface area (Å²) in [5, 5.41) is 11.6. The molecule has 1 N–H and O–H groups in total. The highest BCUT2D eigenvalue weighted by atomic mass is 35.5. The number of amides is 1. The maximum Gasteiger partial charge on any atom is 0.295 e. The summed E-state index contributed by atoms with van der Waals surface area (Å²) in [5.74, 6) is -2.44. The molecule has 1 saturated heterocycles. The summed E-state index contributed by atoms with van der Waals surface area (Å²) in [7, 11) is 0. The van der Waals surface area contributed by atoms with Crippen LogP contribution in [0.5, 0.6) is 0 Å². The number of hydrogen-bond acceptors (Lipinski definition) is 4. The molecule has 0 radical (unpaired) electrons. The van der Waals surface area contributed by atoms with Crippen LogP contribution in [0.2, 0.25) is 10.0 Å². The van der Waals surface area contributed by atoms with Gasteiger partial charge in [-0.25, -0.2) is 4.39 Å². The number of aliphatic hydroxyl groups excluding tert-OH is 1. The molecule has 0 saturated carbocycles. The van der Waals surface area contributed by atoms with Gasteiger partial charge in [0, 0.05) is 24.5 Å². The quantitative estimate of drug-likeness (QED) is 0.312. The lowest BCUT2D eigenvalue weighted by molar-refractivity contribution is -0.140. The Morgan fingerprint density at radius 2 is 1.78 bits per heavy atom. The van der Waals surface area contributed by atoms with Gasteiger partial charge >= 0.3 is 0 Å². The van der Waals surface area contributed by atoms with E-state index >= 15 is 0 Å². The number of aliphatic hydroxyl groups is 1. The molecule has 32 heavy (non-hydrogen) atoms. The second-order valence-corrected chi connectivity index (χ2v) is 8.23. The number of Topliss-reactive ketones (excluding diaryl/α,β-unsaturated/α-hetero) is 1. The lowest BCUT2D eigenvalue weighted by atomic mass is 9.94. The van der Waals surface area contributed by atoms with Crippen LogP contribution in [-0.2, 0) is 16.1 Å². The van der Waals surface area contributed by atoms with Gasteiger partial charge in [0.25, 0.3) is 11.7 Å². The fraction of sp³-hybridized carbons (Fsp3) is 0.125. The average Bonchev–Trinajstić information content (AvgIpc) is 3.02. The minimum atomic E-state index is -0.914. The number of hydrogen-bond donors (Lipinski definition) is 1. The Kier molecular flexibility index (Phi) is 6.00. The van der Waals surface area contributed by atoms with Gasteiger partial charge < -0.3 is 10.0 Å². The van der Waals surface area contributed by atoms with Gasteiger partial charge in [-0.1, -0.05) is 29.3 Å². The molecule has 3 aromatic rings. The first-order valence-corrected chi connectivity index (χ1v) is 10.4. The van der Waals surface area contributed by atoms with Crippen LogP contribution in [0.15, 0.2) is 66.5 Å². The van der Waals surface area contributed by atoms with Gasteiger partial charge in [0.15, 0.2) is 0 Å². The van der Waals surface area contributed by atoms with E-state index in [9.17, 15) is 19.1 Å². The Labute approximate surface area is 193 Å². The van der Waals surface area contributed by atoms with Gasteiger partial charge in [-0.15, -0.1) is 0 Å². The van der Waals surface area contributed by atoms with E-state index in [0.29, 0.717) is 16.1 Å². The van der Waals surface area contributed by atoms with Crippen molar-refractivity contribution in [1.82, 2.24) is 9.88 Å². The molecule has 1 aromatic heterocycles. The first-order valence-electron chi connectivity index (χ1n) is 9.66. The van der Waals surface area contributed by atoms with E-state index < -0.39 is 23.5 Å². The summed E-state index contributed by atoms with van der Waals surface area (Å²) in [4.78, 5) is 31.4. The van der Waals surface area contributed by atoms with E-state index in [1.165, 1.54) is 23.1 Å². The standard InChI is InChI=1S/C24H17Cl2FN2O3/c1-13-10-16(3-5-19(13)27)22(30)20-21(15-2-4-17(25)18(26)11-15)29(24(32)23(20)31)12-14-6-8-28-9-7-14/h2-11,21,30H,12H2,1H3/b22-20-. The first kappa shape index (κ1) is 22.0. The van der Waals surface area contributed by atoms with Crippen LogP contribution in [0.3, 0.4) is 0 Å².